The molecule has 0 spiro atoms. The highest BCUT2D eigenvalue weighted by molar-refractivity contribution is 7.18. The van der Waals surface area contributed by atoms with Gasteiger partial charge in [-0.3, -0.25) is 25.0 Å². The van der Waals surface area contributed by atoms with Gasteiger partial charge in [-0.2, -0.15) is 9.78 Å². The van der Waals surface area contributed by atoms with Crippen molar-refractivity contribution in [2.75, 3.05) is 6.61 Å². The monoisotopic (exact) mass is 535 g/mol. The molecule has 2 aromatic carbocycles. The van der Waals surface area contributed by atoms with Crippen molar-refractivity contribution < 1.29 is 19.3 Å². The first kappa shape index (κ1) is 25.0. The van der Waals surface area contributed by atoms with Crippen LogP contribution in [0.5, 0.6) is 17.2 Å². The van der Waals surface area contributed by atoms with E-state index in [-0.39, 0.29) is 29.4 Å². The fraction of sp³-hybridized carbons (Fsp3) is 0.240. The molecule has 0 saturated heterocycles. The molecule has 4 aromatic rings. The van der Waals surface area contributed by atoms with E-state index in [1.807, 2.05) is 0 Å². The molecular formula is C25H21N5O7S. The van der Waals surface area contributed by atoms with Crippen LogP contribution in [0.4, 0.5) is 11.4 Å². The van der Waals surface area contributed by atoms with Gasteiger partial charge in [0.15, 0.2) is 11.5 Å². The van der Waals surface area contributed by atoms with E-state index in [0.29, 0.717) is 10.9 Å². The fourth-order valence-corrected chi connectivity index (χ4v) is 5.49. The molecule has 194 valence electrons. The number of ether oxygens (including phenoxy) is 2. The number of benzene rings is 2. The Morgan fingerprint density at radius 1 is 1.08 bits per heavy atom. The number of rotatable bonds is 8. The molecule has 0 saturated carbocycles. The van der Waals surface area contributed by atoms with Gasteiger partial charge >= 0.3 is 5.69 Å². The van der Waals surface area contributed by atoms with Gasteiger partial charge in [0.1, 0.15) is 11.2 Å². The first-order valence-electron chi connectivity index (χ1n) is 11.8. The Bertz CT molecular complexity index is 1660. The minimum atomic E-state index is -0.753. The number of aromatic nitrogens is 2. The van der Waals surface area contributed by atoms with Gasteiger partial charge in [0.2, 0.25) is 5.75 Å². The molecular weight excluding hydrogens is 514 g/mol. The van der Waals surface area contributed by atoms with Crippen LogP contribution in [-0.2, 0) is 12.8 Å². The first-order valence-corrected chi connectivity index (χ1v) is 12.6. The summed E-state index contributed by atoms with van der Waals surface area (Å²) in [4.78, 5) is 40.5. The molecule has 1 aliphatic carbocycles. The van der Waals surface area contributed by atoms with Crippen LogP contribution in [-0.4, -0.2) is 32.3 Å². The topological polar surface area (TPSA) is 152 Å². The maximum Gasteiger partial charge on any atom is 0.318 e. The molecule has 0 bridgehead atoms. The van der Waals surface area contributed by atoms with Gasteiger partial charge in [-0.25, -0.2) is 4.98 Å². The lowest BCUT2D eigenvalue weighted by Gasteiger charge is -2.12. The van der Waals surface area contributed by atoms with E-state index in [9.17, 15) is 25.0 Å². The Morgan fingerprint density at radius 2 is 1.87 bits per heavy atom. The lowest BCUT2D eigenvalue weighted by atomic mass is 9.97. The number of nitro groups is 2. The van der Waals surface area contributed by atoms with E-state index in [1.165, 1.54) is 34.2 Å². The van der Waals surface area contributed by atoms with Crippen LogP contribution in [0.3, 0.4) is 0 Å². The maximum atomic E-state index is 13.1. The molecule has 13 heteroatoms. The number of fused-ring (bicyclic) bond motifs is 3. The second-order valence-corrected chi connectivity index (χ2v) is 9.52. The summed E-state index contributed by atoms with van der Waals surface area (Å²) in [6.07, 6.45) is 6.88. The minimum Gasteiger partial charge on any atom is -0.490 e. The fourth-order valence-electron chi connectivity index (χ4n) is 4.27. The molecule has 0 unspecified atom stereocenters. The molecule has 38 heavy (non-hydrogen) atoms. The molecule has 0 N–H and O–H groups in total. The predicted octanol–water partition coefficient (Wildman–Crippen LogP) is 5.23. The molecule has 0 amide bonds. The smallest absolute Gasteiger partial charge is 0.318 e. The minimum absolute atomic E-state index is 0.172. The van der Waals surface area contributed by atoms with Crippen molar-refractivity contribution in [3.05, 3.63) is 89.3 Å². The van der Waals surface area contributed by atoms with Gasteiger partial charge in [-0.15, -0.1) is 11.3 Å². The van der Waals surface area contributed by atoms with E-state index in [4.69, 9.17) is 9.47 Å². The Balaban J connectivity index is 1.45. The van der Waals surface area contributed by atoms with Gasteiger partial charge in [-0.1, -0.05) is 0 Å². The molecule has 0 fully saturated rings. The van der Waals surface area contributed by atoms with Crippen molar-refractivity contribution in [3.63, 3.8) is 0 Å². The Kier molecular flexibility index (Phi) is 6.83. The molecule has 2 aromatic heterocycles. The summed E-state index contributed by atoms with van der Waals surface area (Å²) in [6.45, 7) is 2.05. The van der Waals surface area contributed by atoms with Gasteiger partial charge in [0.25, 0.3) is 11.2 Å². The van der Waals surface area contributed by atoms with Crippen molar-refractivity contribution in [2.45, 2.75) is 32.6 Å². The second-order valence-electron chi connectivity index (χ2n) is 8.44. The van der Waals surface area contributed by atoms with Gasteiger partial charge in [0.05, 0.1) is 34.1 Å². The van der Waals surface area contributed by atoms with Gasteiger partial charge in [0, 0.05) is 10.9 Å². The van der Waals surface area contributed by atoms with Crippen LogP contribution < -0.4 is 15.0 Å². The summed E-state index contributed by atoms with van der Waals surface area (Å²) in [5, 5.41) is 27.4. The summed E-state index contributed by atoms with van der Waals surface area (Å²) >= 11 is 1.57. The maximum absolute atomic E-state index is 13.1. The molecule has 0 aliphatic heterocycles. The zero-order valence-electron chi connectivity index (χ0n) is 20.2. The van der Waals surface area contributed by atoms with Crippen LogP contribution in [0.15, 0.2) is 52.6 Å². The van der Waals surface area contributed by atoms with Gasteiger partial charge in [-0.05, 0) is 68.0 Å². The van der Waals surface area contributed by atoms with Crippen LogP contribution in [0, 0.1) is 20.2 Å². The SMILES string of the molecule is CCOc1cc(/C=N\n2cnc3sc4c(c3c2=O)CCCC4)ccc1Oc1ccc([N+](=O)[O-])cc1[N+](=O)[O-]. The number of nitrogens with zero attached hydrogens (tertiary/aromatic N) is 5. The average Bonchev–Trinajstić information content (AvgIpc) is 3.29. The van der Waals surface area contributed by atoms with Gasteiger partial charge < -0.3 is 9.47 Å². The van der Waals surface area contributed by atoms with Crippen LogP contribution >= 0.6 is 11.3 Å². The third-order valence-electron chi connectivity index (χ3n) is 6.03. The van der Waals surface area contributed by atoms with E-state index < -0.39 is 21.2 Å². The number of aryl methyl sites for hydroxylation is 2. The molecule has 0 radical (unpaired) electrons. The predicted molar refractivity (Wildman–Crippen MR) is 141 cm³/mol. The lowest BCUT2D eigenvalue weighted by molar-refractivity contribution is -0.394. The summed E-state index contributed by atoms with van der Waals surface area (Å²) in [6, 6.07) is 7.92. The second kappa shape index (κ2) is 10.4. The Labute approximate surface area is 219 Å². The Hall–Kier alpha value is -4.65. The zero-order valence-corrected chi connectivity index (χ0v) is 21.0. The van der Waals surface area contributed by atoms with Crippen molar-refractivity contribution in [3.8, 4) is 17.2 Å². The number of non-ortho nitro benzene ring substituents is 1. The highest BCUT2D eigenvalue weighted by Gasteiger charge is 2.23. The number of thiophene rings is 1. The van der Waals surface area contributed by atoms with E-state index in [1.54, 1.807) is 30.4 Å². The number of hydrogen-bond acceptors (Lipinski definition) is 10. The highest BCUT2D eigenvalue weighted by atomic mass is 32.1. The molecule has 2 heterocycles. The number of nitro benzene ring substituents is 2. The summed E-state index contributed by atoms with van der Waals surface area (Å²) < 4.78 is 12.6. The zero-order chi connectivity index (χ0) is 26.8. The van der Waals surface area contributed by atoms with Crippen molar-refractivity contribution in [2.24, 2.45) is 5.10 Å². The van der Waals surface area contributed by atoms with E-state index in [2.05, 4.69) is 10.1 Å². The third-order valence-corrected chi connectivity index (χ3v) is 7.23. The van der Waals surface area contributed by atoms with Crippen LogP contribution in [0.25, 0.3) is 10.2 Å². The Morgan fingerprint density at radius 3 is 2.63 bits per heavy atom. The van der Waals surface area contributed by atoms with E-state index in [0.717, 1.165) is 48.2 Å². The summed E-state index contributed by atoms with van der Waals surface area (Å²) in [5.74, 6) is 0.274. The van der Waals surface area contributed by atoms with Crippen molar-refractivity contribution in [1.29, 1.82) is 0 Å². The van der Waals surface area contributed by atoms with Crippen LogP contribution in [0.1, 0.15) is 35.8 Å². The molecule has 0 atom stereocenters. The average molecular weight is 536 g/mol. The highest BCUT2D eigenvalue weighted by Crippen LogP contribution is 2.38. The largest absolute Gasteiger partial charge is 0.490 e. The van der Waals surface area contributed by atoms with E-state index >= 15 is 0 Å². The quantitative estimate of drug-likeness (QED) is 0.169. The third kappa shape index (κ3) is 4.83. The first-order chi connectivity index (χ1) is 18.4. The van der Waals surface area contributed by atoms with Crippen LogP contribution in [0.2, 0.25) is 0 Å². The lowest BCUT2D eigenvalue weighted by Crippen LogP contribution is -2.18. The van der Waals surface area contributed by atoms with Crippen molar-refractivity contribution >= 4 is 39.1 Å². The summed E-state index contributed by atoms with van der Waals surface area (Å²) in [7, 11) is 0. The van der Waals surface area contributed by atoms with Crippen molar-refractivity contribution in [1.82, 2.24) is 9.66 Å². The molecule has 12 nitrogen and oxygen atoms in total. The molecule has 5 rings (SSSR count). The standard InChI is InChI=1S/C25H21N5O7S/c1-2-36-21-11-15(7-9-20(21)37-19-10-8-16(29(32)33)12-18(19)30(34)35)13-27-28-14-26-24-23(25(28)31)17-5-3-4-6-22(17)38-24/h7-14H,2-6H2,1H3/b27-13-. The molecule has 1 aliphatic rings. The normalized spacial score (nSPS) is 13.0. The number of hydrogen-bond donors (Lipinski definition) is 0. The summed E-state index contributed by atoms with van der Waals surface area (Å²) in [5.41, 5.74) is 0.468.